The quantitative estimate of drug-likeness (QED) is 0.873. The van der Waals surface area contributed by atoms with E-state index < -0.39 is 0 Å². The number of hydrogen-bond donors (Lipinski definition) is 1. The Morgan fingerprint density at radius 3 is 2.50 bits per heavy atom. The number of aromatic nitrogens is 1. The van der Waals surface area contributed by atoms with Gasteiger partial charge in [0.25, 0.3) is 0 Å². The van der Waals surface area contributed by atoms with Crippen LogP contribution in [0.4, 0.5) is 5.69 Å². The van der Waals surface area contributed by atoms with Crippen LogP contribution in [0.15, 0.2) is 42.5 Å². The summed E-state index contributed by atoms with van der Waals surface area (Å²) < 4.78 is 0. The third-order valence-electron chi connectivity index (χ3n) is 3.41. The maximum atomic E-state index is 4.70. The number of benzene rings is 1. The van der Waals surface area contributed by atoms with Crippen LogP contribution in [0.25, 0.3) is 0 Å². The smallest absolute Gasteiger partial charge is 0.0602 e. The largest absolute Gasteiger partial charge is 0.366 e. The Morgan fingerprint density at radius 2 is 1.80 bits per heavy atom. The monoisotopic (exact) mass is 269 g/mol. The predicted octanol–water partition coefficient (Wildman–Crippen LogP) is 3.14. The van der Waals surface area contributed by atoms with Gasteiger partial charge in [-0.1, -0.05) is 24.3 Å². The van der Waals surface area contributed by atoms with E-state index in [9.17, 15) is 0 Å². The fraction of sp³-hybridized carbons (Fsp3) is 0.353. The fourth-order valence-corrected chi connectivity index (χ4v) is 2.38. The molecule has 0 aliphatic rings. The van der Waals surface area contributed by atoms with Gasteiger partial charge in [0, 0.05) is 18.8 Å². The van der Waals surface area contributed by atoms with Crippen LogP contribution < -0.4 is 10.2 Å². The van der Waals surface area contributed by atoms with E-state index in [1.807, 2.05) is 7.05 Å². The lowest BCUT2D eigenvalue weighted by atomic mass is 10.1. The second kappa shape index (κ2) is 7.06. The standard InChI is InChI=1S/C17H23N3/c1-4-20(17-11-6-5-8-14(17)2)13-16-10-7-9-15(19-16)12-18-3/h5-11,18H,4,12-13H2,1-3H3. The lowest BCUT2D eigenvalue weighted by molar-refractivity contribution is 0.760. The highest BCUT2D eigenvalue weighted by molar-refractivity contribution is 5.53. The van der Waals surface area contributed by atoms with E-state index in [4.69, 9.17) is 4.98 Å². The number of nitrogens with one attached hydrogen (secondary N) is 1. The van der Waals surface area contributed by atoms with Crippen molar-refractivity contribution >= 4 is 5.69 Å². The summed E-state index contributed by atoms with van der Waals surface area (Å²) in [7, 11) is 1.94. The van der Waals surface area contributed by atoms with Crippen LogP contribution in [0.3, 0.4) is 0 Å². The molecule has 0 amide bonds. The Labute approximate surface area is 121 Å². The van der Waals surface area contributed by atoms with E-state index in [-0.39, 0.29) is 0 Å². The van der Waals surface area contributed by atoms with Gasteiger partial charge in [-0.15, -0.1) is 0 Å². The summed E-state index contributed by atoms with van der Waals surface area (Å²) >= 11 is 0. The molecular weight excluding hydrogens is 246 g/mol. The molecule has 0 saturated carbocycles. The maximum Gasteiger partial charge on any atom is 0.0602 e. The molecule has 106 valence electrons. The highest BCUT2D eigenvalue weighted by Gasteiger charge is 2.08. The normalized spacial score (nSPS) is 10.6. The van der Waals surface area contributed by atoms with Crippen molar-refractivity contribution in [3.63, 3.8) is 0 Å². The Bertz CT molecular complexity index is 551. The van der Waals surface area contributed by atoms with Gasteiger partial charge in [-0.2, -0.15) is 0 Å². The van der Waals surface area contributed by atoms with Crippen LogP contribution in [0.2, 0.25) is 0 Å². The number of para-hydroxylation sites is 1. The van der Waals surface area contributed by atoms with Crippen molar-refractivity contribution in [2.75, 3.05) is 18.5 Å². The van der Waals surface area contributed by atoms with Crippen LogP contribution in [-0.4, -0.2) is 18.6 Å². The molecular formula is C17H23N3. The zero-order chi connectivity index (χ0) is 14.4. The highest BCUT2D eigenvalue weighted by Crippen LogP contribution is 2.20. The molecule has 2 rings (SSSR count). The van der Waals surface area contributed by atoms with Crippen molar-refractivity contribution in [2.24, 2.45) is 0 Å². The number of pyridine rings is 1. The number of rotatable bonds is 6. The van der Waals surface area contributed by atoms with Crippen LogP contribution in [0, 0.1) is 6.92 Å². The van der Waals surface area contributed by atoms with Gasteiger partial charge in [-0.05, 0) is 44.7 Å². The van der Waals surface area contributed by atoms with Gasteiger partial charge in [0.05, 0.1) is 17.9 Å². The molecule has 2 aromatic rings. The first-order chi connectivity index (χ1) is 9.74. The van der Waals surface area contributed by atoms with Crippen molar-refractivity contribution in [3.05, 3.63) is 59.4 Å². The molecule has 1 aromatic heterocycles. The molecule has 0 atom stereocenters. The Morgan fingerprint density at radius 1 is 1.05 bits per heavy atom. The number of nitrogens with zero attached hydrogens (tertiary/aromatic N) is 2. The van der Waals surface area contributed by atoms with Crippen molar-refractivity contribution in [2.45, 2.75) is 26.9 Å². The molecule has 0 aliphatic carbocycles. The van der Waals surface area contributed by atoms with Crippen molar-refractivity contribution in [1.82, 2.24) is 10.3 Å². The zero-order valence-electron chi connectivity index (χ0n) is 12.6. The maximum absolute atomic E-state index is 4.70. The molecule has 1 N–H and O–H groups in total. The summed E-state index contributed by atoms with van der Waals surface area (Å²) in [5, 5.41) is 3.14. The van der Waals surface area contributed by atoms with Gasteiger partial charge in [0.2, 0.25) is 0 Å². The topological polar surface area (TPSA) is 28.2 Å². The van der Waals surface area contributed by atoms with Crippen molar-refractivity contribution in [3.8, 4) is 0 Å². The van der Waals surface area contributed by atoms with Gasteiger partial charge >= 0.3 is 0 Å². The average Bonchev–Trinajstić information content (AvgIpc) is 2.46. The number of aryl methyl sites for hydroxylation is 1. The van der Waals surface area contributed by atoms with Crippen molar-refractivity contribution < 1.29 is 0 Å². The van der Waals surface area contributed by atoms with Crippen LogP contribution >= 0.6 is 0 Å². The third-order valence-corrected chi connectivity index (χ3v) is 3.41. The average molecular weight is 269 g/mol. The van der Waals surface area contributed by atoms with Crippen molar-refractivity contribution in [1.29, 1.82) is 0 Å². The first-order valence-electron chi connectivity index (χ1n) is 7.14. The van der Waals surface area contributed by atoms with Gasteiger partial charge in [0.15, 0.2) is 0 Å². The third kappa shape index (κ3) is 3.58. The first kappa shape index (κ1) is 14.5. The van der Waals surface area contributed by atoms with E-state index in [0.717, 1.165) is 31.0 Å². The molecule has 0 unspecified atom stereocenters. The molecule has 3 nitrogen and oxygen atoms in total. The molecule has 0 aliphatic heterocycles. The second-order valence-corrected chi connectivity index (χ2v) is 4.95. The molecule has 3 heteroatoms. The van der Waals surface area contributed by atoms with Crippen LogP contribution in [0.5, 0.6) is 0 Å². The summed E-state index contributed by atoms with van der Waals surface area (Å²) in [6, 6.07) is 14.7. The number of hydrogen-bond acceptors (Lipinski definition) is 3. The number of anilines is 1. The Balaban J connectivity index is 2.18. The van der Waals surface area contributed by atoms with Crippen LogP contribution in [0.1, 0.15) is 23.9 Å². The van der Waals surface area contributed by atoms with E-state index in [2.05, 4.69) is 66.5 Å². The minimum Gasteiger partial charge on any atom is -0.366 e. The van der Waals surface area contributed by atoms with E-state index >= 15 is 0 Å². The summed E-state index contributed by atoms with van der Waals surface area (Å²) in [5.74, 6) is 0. The lowest BCUT2D eigenvalue weighted by Gasteiger charge is -2.24. The highest BCUT2D eigenvalue weighted by atomic mass is 15.1. The van der Waals surface area contributed by atoms with Gasteiger partial charge < -0.3 is 10.2 Å². The lowest BCUT2D eigenvalue weighted by Crippen LogP contribution is -2.23. The Kier molecular flexibility index (Phi) is 5.13. The molecule has 0 spiro atoms. The Hall–Kier alpha value is -1.87. The fourth-order valence-electron chi connectivity index (χ4n) is 2.38. The van der Waals surface area contributed by atoms with E-state index in [1.54, 1.807) is 0 Å². The van der Waals surface area contributed by atoms with Gasteiger partial charge in [-0.25, -0.2) is 0 Å². The zero-order valence-corrected chi connectivity index (χ0v) is 12.6. The molecule has 1 aromatic carbocycles. The van der Waals surface area contributed by atoms with Gasteiger partial charge in [0.1, 0.15) is 0 Å². The molecule has 0 fully saturated rings. The molecule has 0 bridgehead atoms. The van der Waals surface area contributed by atoms with E-state index in [1.165, 1.54) is 11.3 Å². The SMILES string of the molecule is CCN(Cc1cccc(CNC)n1)c1ccccc1C. The van der Waals surface area contributed by atoms with Crippen LogP contribution in [-0.2, 0) is 13.1 Å². The molecule has 1 heterocycles. The summed E-state index contributed by atoms with van der Waals surface area (Å²) in [6.45, 7) is 6.97. The molecule has 0 saturated heterocycles. The predicted molar refractivity (Wildman–Crippen MR) is 84.9 cm³/mol. The molecule has 20 heavy (non-hydrogen) atoms. The first-order valence-corrected chi connectivity index (χ1v) is 7.14. The summed E-state index contributed by atoms with van der Waals surface area (Å²) in [6.07, 6.45) is 0. The minimum absolute atomic E-state index is 0.810. The van der Waals surface area contributed by atoms with E-state index in [0.29, 0.717) is 0 Å². The minimum atomic E-state index is 0.810. The van der Waals surface area contributed by atoms with Gasteiger partial charge in [-0.3, -0.25) is 4.98 Å². The molecule has 0 radical (unpaired) electrons. The summed E-state index contributed by atoms with van der Waals surface area (Å²) in [5.41, 5.74) is 4.80. The summed E-state index contributed by atoms with van der Waals surface area (Å²) in [4.78, 5) is 7.06. The second-order valence-electron chi connectivity index (χ2n) is 4.95.